The Kier molecular flexibility index (Phi) is 7.96. The lowest BCUT2D eigenvalue weighted by atomic mass is 10.1. The average molecular weight is 373 g/mol. The molecule has 0 heterocycles. The number of guanidine groups is 1. The van der Waals surface area contributed by atoms with Crippen molar-refractivity contribution in [3.05, 3.63) is 70.7 Å². The molecule has 1 amide bonds. The normalized spacial score (nSPS) is 11.1. The summed E-state index contributed by atoms with van der Waals surface area (Å²) in [5.74, 6) is 0.620. The molecular formula is C20H25ClN4O. The molecule has 0 spiro atoms. The van der Waals surface area contributed by atoms with E-state index in [1.165, 1.54) is 5.56 Å². The Labute approximate surface area is 160 Å². The van der Waals surface area contributed by atoms with Gasteiger partial charge in [-0.25, -0.2) is 4.99 Å². The number of likely N-dealkylation sites (N-methyl/N-ethyl adjacent to an activating group) is 1. The minimum absolute atomic E-state index is 0.00286. The number of rotatable bonds is 7. The summed E-state index contributed by atoms with van der Waals surface area (Å²) in [5, 5.41) is 7.11. The Balaban J connectivity index is 1.92. The smallest absolute Gasteiger partial charge is 0.241 e. The number of amides is 1. The highest BCUT2D eigenvalue weighted by Crippen LogP contribution is 2.09. The first-order valence-electron chi connectivity index (χ1n) is 8.55. The summed E-state index contributed by atoms with van der Waals surface area (Å²) < 4.78 is 0. The van der Waals surface area contributed by atoms with Crippen LogP contribution in [0.2, 0.25) is 5.02 Å². The van der Waals surface area contributed by atoms with Crippen LogP contribution in [0.25, 0.3) is 0 Å². The van der Waals surface area contributed by atoms with E-state index in [9.17, 15) is 4.79 Å². The van der Waals surface area contributed by atoms with Crippen LogP contribution >= 0.6 is 11.6 Å². The number of nitrogens with one attached hydrogen (secondary N) is 2. The van der Waals surface area contributed by atoms with Crippen molar-refractivity contribution >= 4 is 23.5 Å². The maximum Gasteiger partial charge on any atom is 0.241 e. The second-order valence-corrected chi connectivity index (χ2v) is 6.53. The number of hydrogen-bond acceptors (Lipinski definition) is 2. The van der Waals surface area contributed by atoms with Crippen LogP contribution in [0.1, 0.15) is 11.1 Å². The molecule has 2 rings (SSSR count). The summed E-state index contributed by atoms with van der Waals surface area (Å²) in [6.07, 6.45) is 0.838. The Morgan fingerprint density at radius 2 is 1.69 bits per heavy atom. The fraction of sp³-hybridized carbons (Fsp3) is 0.300. The zero-order valence-electron chi connectivity index (χ0n) is 15.2. The molecule has 6 heteroatoms. The van der Waals surface area contributed by atoms with Crippen molar-refractivity contribution in [2.75, 3.05) is 27.2 Å². The molecule has 0 fully saturated rings. The van der Waals surface area contributed by atoms with Crippen LogP contribution in [0.3, 0.4) is 0 Å². The van der Waals surface area contributed by atoms with Gasteiger partial charge in [0.05, 0.1) is 13.1 Å². The van der Waals surface area contributed by atoms with Gasteiger partial charge in [-0.15, -0.1) is 0 Å². The van der Waals surface area contributed by atoms with Gasteiger partial charge in [-0.3, -0.25) is 4.79 Å². The molecule has 0 aliphatic carbocycles. The van der Waals surface area contributed by atoms with Crippen molar-refractivity contribution in [1.82, 2.24) is 15.5 Å². The molecule has 0 radical (unpaired) electrons. The lowest BCUT2D eigenvalue weighted by Crippen LogP contribution is -2.43. The summed E-state index contributed by atoms with van der Waals surface area (Å²) in [4.78, 5) is 17.9. The number of nitrogens with zero attached hydrogens (tertiary/aromatic N) is 2. The average Bonchev–Trinajstić information content (AvgIpc) is 2.65. The van der Waals surface area contributed by atoms with Crippen LogP contribution in [0.4, 0.5) is 0 Å². The number of aliphatic imine (C=N–C) groups is 1. The molecular weight excluding hydrogens is 348 g/mol. The molecule has 26 heavy (non-hydrogen) atoms. The van der Waals surface area contributed by atoms with Crippen molar-refractivity contribution < 1.29 is 4.79 Å². The quantitative estimate of drug-likeness (QED) is 0.580. The van der Waals surface area contributed by atoms with Gasteiger partial charge in [0.1, 0.15) is 0 Å². The molecule has 0 aliphatic heterocycles. The third kappa shape index (κ3) is 7.15. The van der Waals surface area contributed by atoms with E-state index >= 15 is 0 Å². The van der Waals surface area contributed by atoms with Crippen LogP contribution in [0, 0.1) is 0 Å². The standard InChI is InChI=1S/C20H25ClN4O/c1-25(2)19(26)15-24-20(23-14-17-6-4-3-5-7-17)22-13-12-16-8-10-18(21)11-9-16/h3-11H,12-15H2,1-2H3,(H2,22,23,24). The van der Waals surface area contributed by atoms with Gasteiger partial charge in [0.25, 0.3) is 0 Å². The number of carbonyl (C=O) groups is 1. The lowest BCUT2D eigenvalue weighted by Gasteiger charge is -2.15. The Hall–Kier alpha value is -2.53. The van der Waals surface area contributed by atoms with Gasteiger partial charge in [0.2, 0.25) is 5.91 Å². The molecule has 2 aromatic carbocycles. The first-order chi connectivity index (χ1) is 12.5. The fourth-order valence-corrected chi connectivity index (χ4v) is 2.35. The van der Waals surface area contributed by atoms with Gasteiger partial charge in [-0.05, 0) is 29.7 Å². The van der Waals surface area contributed by atoms with Crippen LogP contribution in [0.5, 0.6) is 0 Å². The first kappa shape index (κ1) is 19.8. The van der Waals surface area contributed by atoms with Crippen LogP contribution in [0.15, 0.2) is 59.6 Å². The van der Waals surface area contributed by atoms with E-state index in [1.807, 2.05) is 54.6 Å². The fourth-order valence-electron chi connectivity index (χ4n) is 2.22. The van der Waals surface area contributed by atoms with Crippen molar-refractivity contribution in [3.63, 3.8) is 0 Å². The molecule has 138 valence electrons. The van der Waals surface area contributed by atoms with Gasteiger partial charge in [-0.1, -0.05) is 54.1 Å². The molecule has 0 aromatic heterocycles. The largest absolute Gasteiger partial charge is 0.356 e. The molecule has 0 unspecified atom stereocenters. The van der Waals surface area contributed by atoms with Gasteiger partial charge in [0.15, 0.2) is 5.96 Å². The monoisotopic (exact) mass is 372 g/mol. The van der Waals surface area contributed by atoms with E-state index in [0.29, 0.717) is 19.0 Å². The van der Waals surface area contributed by atoms with Crippen molar-refractivity contribution in [2.24, 2.45) is 4.99 Å². The van der Waals surface area contributed by atoms with Crippen LogP contribution in [-0.2, 0) is 17.8 Å². The SMILES string of the molecule is CN(C)C(=O)CNC(=NCc1ccccc1)NCCc1ccc(Cl)cc1. The van der Waals surface area contributed by atoms with Crippen molar-refractivity contribution in [3.8, 4) is 0 Å². The number of carbonyl (C=O) groups excluding carboxylic acids is 1. The number of benzene rings is 2. The molecule has 0 atom stereocenters. The van der Waals surface area contributed by atoms with Crippen molar-refractivity contribution in [2.45, 2.75) is 13.0 Å². The van der Waals surface area contributed by atoms with Crippen LogP contribution < -0.4 is 10.6 Å². The zero-order chi connectivity index (χ0) is 18.8. The third-order valence-electron chi connectivity index (χ3n) is 3.79. The molecule has 0 saturated heterocycles. The highest BCUT2D eigenvalue weighted by Gasteiger charge is 2.06. The Morgan fingerprint density at radius 3 is 2.35 bits per heavy atom. The lowest BCUT2D eigenvalue weighted by molar-refractivity contribution is -0.127. The molecule has 2 N–H and O–H groups in total. The van der Waals surface area contributed by atoms with E-state index in [-0.39, 0.29) is 12.5 Å². The molecule has 0 bridgehead atoms. The zero-order valence-corrected chi connectivity index (χ0v) is 16.0. The predicted molar refractivity (Wildman–Crippen MR) is 107 cm³/mol. The number of halogens is 1. The molecule has 0 saturated carbocycles. The minimum Gasteiger partial charge on any atom is -0.356 e. The maximum absolute atomic E-state index is 11.8. The van der Waals surface area contributed by atoms with E-state index in [1.54, 1.807) is 19.0 Å². The topological polar surface area (TPSA) is 56.7 Å². The summed E-state index contributed by atoms with van der Waals surface area (Å²) >= 11 is 5.91. The van der Waals surface area contributed by atoms with E-state index < -0.39 is 0 Å². The van der Waals surface area contributed by atoms with E-state index in [0.717, 1.165) is 17.0 Å². The summed E-state index contributed by atoms with van der Waals surface area (Å²) in [7, 11) is 3.47. The van der Waals surface area contributed by atoms with E-state index in [4.69, 9.17) is 11.6 Å². The van der Waals surface area contributed by atoms with Gasteiger partial charge < -0.3 is 15.5 Å². The second kappa shape index (κ2) is 10.5. The minimum atomic E-state index is -0.00286. The molecule has 2 aromatic rings. The Morgan fingerprint density at radius 1 is 1.00 bits per heavy atom. The number of hydrogen-bond donors (Lipinski definition) is 2. The third-order valence-corrected chi connectivity index (χ3v) is 4.04. The maximum atomic E-state index is 11.8. The summed E-state index contributed by atoms with van der Waals surface area (Å²) in [6, 6.07) is 17.8. The molecule has 5 nitrogen and oxygen atoms in total. The Bertz CT molecular complexity index is 714. The summed E-state index contributed by atoms with van der Waals surface area (Å²) in [6.45, 7) is 1.46. The van der Waals surface area contributed by atoms with Gasteiger partial charge in [0, 0.05) is 25.7 Å². The second-order valence-electron chi connectivity index (χ2n) is 6.10. The summed E-state index contributed by atoms with van der Waals surface area (Å²) in [5.41, 5.74) is 2.30. The van der Waals surface area contributed by atoms with Gasteiger partial charge in [-0.2, -0.15) is 0 Å². The van der Waals surface area contributed by atoms with E-state index in [2.05, 4.69) is 15.6 Å². The highest BCUT2D eigenvalue weighted by molar-refractivity contribution is 6.30. The van der Waals surface area contributed by atoms with Gasteiger partial charge >= 0.3 is 0 Å². The first-order valence-corrected chi connectivity index (χ1v) is 8.93. The van der Waals surface area contributed by atoms with Crippen LogP contribution in [-0.4, -0.2) is 44.0 Å². The highest BCUT2D eigenvalue weighted by atomic mass is 35.5. The predicted octanol–water partition coefficient (Wildman–Crippen LogP) is 2.71. The van der Waals surface area contributed by atoms with Crippen molar-refractivity contribution in [1.29, 1.82) is 0 Å². The molecule has 0 aliphatic rings.